The molecule has 2 nitrogen and oxygen atoms in total. The molecule has 2 rings (SSSR count). The van der Waals surface area contributed by atoms with Gasteiger partial charge in [0.15, 0.2) is 0 Å². The van der Waals surface area contributed by atoms with E-state index in [1.165, 1.54) is 5.56 Å². The highest BCUT2D eigenvalue weighted by atomic mass is 16.2. The molecule has 0 saturated carbocycles. The van der Waals surface area contributed by atoms with Crippen molar-refractivity contribution in [1.29, 1.82) is 0 Å². The van der Waals surface area contributed by atoms with Crippen LogP contribution in [-0.4, -0.2) is 5.91 Å². The van der Waals surface area contributed by atoms with Gasteiger partial charge in [0.1, 0.15) is 0 Å². The van der Waals surface area contributed by atoms with Crippen LogP contribution in [0.4, 0.5) is 0 Å². The molecule has 1 fully saturated rings. The van der Waals surface area contributed by atoms with Crippen molar-refractivity contribution in [1.82, 2.24) is 5.32 Å². The van der Waals surface area contributed by atoms with E-state index in [9.17, 15) is 4.79 Å². The Bertz CT molecular complexity index is 307. The van der Waals surface area contributed by atoms with Gasteiger partial charge in [-0.05, 0) is 12.0 Å². The number of carbonyl (C=O) groups is 1. The Kier molecular flexibility index (Phi) is 2.05. The fourth-order valence-corrected chi connectivity index (χ4v) is 1.74. The molecule has 1 aliphatic heterocycles. The molecule has 0 radical (unpaired) electrons. The van der Waals surface area contributed by atoms with E-state index in [1.54, 1.807) is 0 Å². The number of hydrogen-bond donors (Lipinski definition) is 1. The summed E-state index contributed by atoms with van der Waals surface area (Å²) in [5, 5.41) is 2.98. The fourth-order valence-electron chi connectivity index (χ4n) is 1.74. The predicted octanol–water partition coefficient (Wildman–Crippen LogP) is 1.88. The summed E-state index contributed by atoms with van der Waals surface area (Å²) >= 11 is 0. The second-order valence-corrected chi connectivity index (χ2v) is 3.61. The Hall–Kier alpha value is -1.31. The summed E-state index contributed by atoms with van der Waals surface area (Å²) < 4.78 is 0. The van der Waals surface area contributed by atoms with Gasteiger partial charge in [-0.15, -0.1) is 0 Å². The lowest BCUT2D eigenvalue weighted by Gasteiger charge is -2.08. The Morgan fingerprint density at radius 1 is 1.31 bits per heavy atom. The highest BCUT2D eigenvalue weighted by Gasteiger charge is 2.28. The maximum absolute atomic E-state index is 11.2. The van der Waals surface area contributed by atoms with Crippen LogP contribution in [0.2, 0.25) is 0 Å². The van der Waals surface area contributed by atoms with E-state index in [0.717, 1.165) is 6.42 Å². The quantitative estimate of drug-likeness (QED) is 0.693. The first-order chi connectivity index (χ1) is 6.27. The summed E-state index contributed by atoms with van der Waals surface area (Å²) in [5.74, 6) is 0.332. The molecule has 1 aromatic carbocycles. The topological polar surface area (TPSA) is 29.1 Å². The molecule has 1 aromatic rings. The van der Waals surface area contributed by atoms with Crippen molar-refractivity contribution in [3.05, 3.63) is 35.9 Å². The second kappa shape index (κ2) is 3.21. The minimum Gasteiger partial charge on any atom is -0.349 e. The molecular weight excluding hydrogens is 162 g/mol. The lowest BCUT2D eigenvalue weighted by Crippen LogP contribution is -2.20. The number of rotatable bonds is 1. The Morgan fingerprint density at radius 2 is 2.00 bits per heavy atom. The van der Waals surface area contributed by atoms with E-state index in [0.29, 0.717) is 0 Å². The van der Waals surface area contributed by atoms with Crippen LogP contribution in [0, 0.1) is 5.92 Å². The largest absolute Gasteiger partial charge is 0.349 e. The molecule has 2 heteroatoms. The van der Waals surface area contributed by atoms with Crippen molar-refractivity contribution in [3.63, 3.8) is 0 Å². The molecule has 0 aliphatic carbocycles. The van der Waals surface area contributed by atoms with E-state index in [-0.39, 0.29) is 17.9 Å². The first kappa shape index (κ1) is 8.30. The van der Waals surface area contributed by atoms with Crippen LogP contribution in [0.3, 0.4) is 0 Å². The van der Waals surface area contributed by atoms with Crippen LogP contribution in [0.5, 0.6) is 0 Å². The fraction of sp³-hybridized carbons (Fsp3) is 0.364. The third kappa shape index (κ3) is 1.57. The Morgan fingerprint density at radius 3 is 2.54 bits per heavy atom. The second-order valence-electron chi connectivity index (χ2n) is 3.61. The van der Waals surface area contributed by atoms with E-state index in [2.05, 4.69) is 17.4 Å². The van der Waals surface area contributed by atoms with Crippen molar-refractivity contribution in [2.24, 2.45) is 5.92 Å². The number of nitrogens with one attached hydrogen (secondary N) is 1. The molecule has 13 heavy (non-hydrogen) atoms. The van der Waals surface area contributed by atoms with Gasteiger partial charge in [-0.1, -0.05) is 37.3 Å². The van der Waals surface area contributed by atoms with E-state index in [1.807, 2.05) is 25.1 Å². The molecule has 2 atom stereocenters. The maximum Gasteiger partial charge on any atom is 0.223 e. The summed E-state index contributed by atoms with van der Waals surface area (Å²) in [6, 6.07) is 10.3. The van der Waals surface area contributed by atoms with E-state index >= 15 is 0 Å². The standard InChI is InChI=1S/C11H13NO/c1-8-7-10(12-11(8)13)9-5-3-2-4-6-9/h2-6,8,10H,7H2,1H3,(H,12,13)/t8-,10-/m0/s1. The smallest absolute Gasteiger partial charge is 0.223 e. The third-order valence-electron chi connectivity index (χ3n) is 2.56. The van der Waals surface area contributed by atoms with Gasteiger partial charge in [0.2, 0.25) is 5.91 Å². The van der Waals surface area contributed by atoms with Crippen molar-refractivity contribution in [3.8, 4) is 0 Å². The summed E-state index contributed by atoms with van der Waals surface area (Å²) in [4.78, 5) is 11.2. The first-order valence-corrected chi connectivity index (χ1v) is 4.62. The number of hydrogen-bond acceptors (Lipinski definition) is 1. The summed E-state index contributed by atoms with van der Waals surface area (Å²) in [7, 11) is 0. The highest BCUT2D eigenvalue weighted by molar-refractivity contribution is 5.81. The molecule has 68 valence electrons. The molecule has 1 saturated heterocycles. The van der Waals surface area contributed by atoms with Crippen molar-refractivity contribution < 1.29 is 4.79 Å². The average molecular weight is 175 g/mol. The molecule has 0 bridgehead atoms. The van der Waals surface area contributed by atoms with Crippen molar-refractivity contribution in [2.75, 3.05) is 0 Å². The normalized spacial score (nSPS) is 27.3. The van der Waals surface area contributed by atoms with Gasteiger partial charge in [0.25, 0.3) is 0 Å². The molecule has 0 unspecified atom stereocenters. The van der Waals surface area contributed by atoms with Crippen LogP contribution in [0.1, 0.15) is 24.9 Å². The average Bonchev–Trinajstić information content (AvgIpc) is 2.49. The lowest BCUT2D eigenvalue weighted by atomic mass is 10.0. The lowest BCUT2D eigenvalue weighted by molar-refractivity contribution is -0.122. The molecule has 1 aliphatic rings. The van der Waals surface area contributed by atoms with Crippen LogP contribution in [0.15, 0.2) is 30.3 Å². The van der Waals surface area contributed by atoms with Crippen LogP contribution in [0.25, 0.3) is 0 Å². The van der Waals surface area contributed by atoms with Crippen molar-refractivity contribution in [2.45, 2.75) is 19.4 Å². The van der Waals surface area contributed by atoms with Crippen LogP contribution in [-0.2, 0) is 4.79 Å². The summed E-state index contributed by atoms with van der Waals surface area (Å²) in [6.07, 6.45) is 0.919. The maximum atomic E-state index is 11.2. The summed E-state index contributed by atoms with van der Waals surface area (Å²) in [5.41, 5.74) is 1.21. The molecule has 1 N–H and O–H groups in total. The zero-order chi connectivity index (χ0) is 9.26. The van der Waals surface area contributed by atoms with E-state index < -0.39 is 0 Å². The third-order valence-corrected chi connectivity index (χ3v) is 2.56. The van der Waals surface area contributed by atoms with Crippen LogP contribution >= 0.6 is 0 Å². The highest BCUT2D eigenvalue weighted by Crippen LogP contribution is 2.26. The predicted molar refractivity (Wildman–Crippen MR) is 51.1 cm³/mol. The minimum atomic E-state index is 0.158. The van der Waals surface area contributed by atoms with Gasteiger partial charge in [-0.3, -0.25) is 4.79 Å². The van der Waals surface area contributed by atoms with Gasteiger partial charge in [-0.25, -0.2) is 0 Å². The van der Waals surface area contributed by atoms with E-state index in [4.69, 9.17) is 0 Å². The minimum absolute atomic E-state index is 0.158. The van der Waals surface area contributed by atoms with Gasteiger partial charge < -0.3 is 5.32 Å². The zero-order valence-electron chi connectivity index (χ0n) is 7.66. The Labute approximate surface area is 78.0 Å². The molecule has 0 spiro atoms. The number of carbonyl (C=O) groups excluding carboxylic acids is 1. The van der Waals surface area contributed by atoms with Gasteiger partial charge in [-0.2, -0.15) is 0 Å². The zero-order valence-corrected chi connectivity index (χ0v) is 7.66. The van der Waals surface area contributed by atoms with Gasteiger partial charge >= 0.3 is 0 Å². The monoisotopic (exact) mass is 175 g/mol. The molecular formula is C11H13NO. The van der Waals surface area contributed by atoms with Gasteiger partial charge in [0, 0.05) is 5.92 Å². The summed E-state index contributed by atoms with van der Waals surface area (Å²) in [6.45, 7) is 1.97. The number of benzene rings is 1. The Balaban J connectivity index is 2.17. The van der Waals surface area contributed by atoms with Crippen LogP contribution < -0.4 is 5.32 Å². The molecule has 1 amide bonds. The first-order valence-electron chi connectivity index (χ1n) is 4.62. The van der Waals surface area contributed by atoms with Crippen molar-refractivity contribution >= 4 is 5.91 Å². The molecule has 1 heterocycles. The SMILES string of the molecule is C[C@H]1C[C@@H](c2ccccc2)NC1=O. The van der Waals surface area contributed by atoms with Gasteiger partial charge in [0.05, 0.1) is 6.04 Å². The molecule has 0 aromatic heterocycles. The number of amides is 1.